The molecule has 2 heterocycles. The molecule has 1 saturated carbocycles. The third kappa shape index (κ3) is 3.46. The van der Waals surface area contributed by atoms with Gasteiger partial charge < -0.3 is 0 Å². The Balaban J connectivity index is 1.30. The average molecular weight is 307 g/mol. The maximum atomic E-state index is 4.22. The van der Waals surface area contributed by atoms with Crippen molar-refractivity contribution in [2.24, 2.45) is 0 Å². The predicted octanol–water partition coefficient (Wildman–Crippen LogP) is 2.93. The van der Waals surface area contributed by atoms with Crippen LogP contribution in [0.3, 0.4) is 0 Å². The summed E-state index contributed by atoms with van der Waals surface area (Å²) in [5, 5.41) is 0. The third-order valence-corrected chi connectivity index (χ3v) is 5.36. The summed E-state index contributed by atoms with van der Waals surface area (Å²) in [6.07, 6.45) is 6.54. The van der Waals surface area contributed by atoms with E-state index in [9.17, 15) is 0 Å². The maximum absolute atomic E-state index is 4.22. The Morgan fingerprint density at radius 3 is 2.26 bits per heavy atom. The smallest absolute Gasteiger partial charge is 0.0312 e. The quantitative estimate of drug-likeness (QED) is 0.846. The van der Waals surface area contributed by atoms with Crippen molar-refractivity contribution >= 4 is 0 Å². The van der Waals surface area contributed by atoms with Crippen molar-refractivity contribution < 1.29 is 0 Å². The Bertz CT molecular complexity index is 614. The standard InChI is InChI=1S/C20H25N3/c1-2-6-19(7-3-1)20(8-9-20)17-23-13-11-22(12-14-23)16-18-5-4-10-21-15-18/h1-7,10,15H,8-9,11-14,16-17H2. The molecule has 1 aromatic carbocycles. The molecular formula is C20H25N3. The van der Waals surface area contributed by atoms with Crippen LogP contribution in [0.25, 0.3) is 0 Å². The van der Waals surface area contributed by atoms with Gasteiger partial charge in [0.25, 0.3) is 0 Å². The second-order valence-electron chi connectivity index (χ2n) is 7.06. The van der Waals surface area contributed by atoms with Gasteiger partial charge in [0.1, 0.15) is 0 Å². The van der Waals surface area contributed by atoms with Crippen molar-refractivity contribution in [3.63, 3.8) is 0 Å². The minimum Gasteiger partial charge on any atom is -0.300 e. The van der Waals surface area contributed by atoms with E-state index in [2.05, 4.69) is 51.2 Å². The molecule has 1 aliphatic carbocycles. The number of hydrogen-bond acceptors (Lipinski definition) is 3. The number of piperazine rings is 1. The van der Waals surface area contributed by atoms with Crippen LogP contribution in [0.2, 0.25) is 0 Å². The zero-order valence-electron chi connectivity index (χ0n) is 13.7. The molecule has 0 bridgehead atoms. The van der Waals surface area contributed by atoms with Crippen LogP contribution in [0.5, 0.6) is 0 Å². The fraction of sp³-hybridized carbons (Fsp3) is 0.450. The van der Waals surface area contributed by atoms with Gasteiger partial charge in [-0.3, -0.25) is 14.8 Å². The van der Waals surface area contributed by atoms with Crippen LogP contribution in [-0.2, 0) is 12.0 Å². The van der Waals surface area contributed by atoms with E-state index in [0.29, 0.717) is 5.41 Å². The second kappa shape index (κ2) is 6.42. The first-order valence-corrected chi connectivity index (χ1v) is 8.73. The third-order valence-electron chi connectivity index (χ3n) is 5.36. The number of benzene rings is 1. The number of aromatic nitrogens is 1. The van der Waals surface area contributed by atoms with Gasteiger partial charge in [0.05, 0.1) is 0 Å². The lowest BCUT2D eigenvalue weighted by Crippen LogP contribution is -2.48. The molecule has 2 aliphatic rings. The summed E-state index contributed by atoms with van der Waals surface area (Å²) in [5.41, 5.74) is 3.31. The SMILES string of the molecule is c1ccc(C2(CN3CCN(Cc4cccnc4)CC3)CC2)cc1. The first-order chi connectivity index (χ1) is 11.3. The van der Waals surface area contributed by atoms with Crippen molar-refractivity contribution in [3.8, 4) is 0 Å². The van der Waals surface area contributed by atoms with E-state index in [1.165, 1.54) is 56.7 Å². The highest BCUT2D eigenvalue weighted by Crippen LogP contribution is 2.48. The summed E-state index contributed by atoms with van der Waals surface area (Å²) in [6, 6.07) is 15.3. The monoisotopic (exact) mass is 307 g/mol. The van der Waals surface area contributed by atoms with Gasteiger partial charge >= 0.3 is 0 Å². The van der Waals surface area contributed by atoms with Gasteiger partial charge in [0.15, 0.2) is 0 Å². The Labute approximate surface area is 139 Å². The van der Waals surface area contributed by atoms with E-state index < -0.39 is 0 Å². The molecule has 1 aliphatic heterocycles. The molecule has 0 radical (unpaired) electrons. The summed E-state index contributed by atoms with van der Waals surface area (Å²) in [6.45, 7) is 6.98. The van der Waals surface area contributed by atoms with Crippen LogP contribution < -0.4 is 0 Å². The molecule has 3 heteroatoms. The molecule has 2 fully saturated rings. The molecule has 0 amide bonds. The van der Waals surface area contributed by atoms with Gasteiger partial charge in [0.2, 0.25) is 0 Å². The average Bonchev–Trinajstić information content (AvgIpc) is 3.39. The van der Waals surface area contributed by atoms with Gasteiger partial charge in [-0.1, -0.05) is 36.4 Å². The molecule has 120 valence electrons. The lowest BCUT2D eigenvalue weighted by Gasteiger charge is -2.36. The molecular weight excluding hydrogens is 282 g/mol. The fourth-order valence-corrected chi connectivity index (χ4v) is 3.76. The van der Waals surface area contributed by atoms with E-state index >= 15 is 0 Å². The maximum Gasteiger partial charge on any atom is 0.0312 e. The molecule has 2 aromatic rings. The normalized spacial score (nSPS) is 21.2. The van der Waals surface area contributed by atoms with Crippen LogP contribution in [0, 0.1) is 0 Å². The van der Waals surface area contributed by atoms with Crippen molar-refractivity contribution in [1.29, 1.82) is 0 Å². The van der Waals surface area contributed by atoms with Crippen LogP contribution in [0.4, 0.5) is 0 Å². The van der Waals surface area contributed by atoms with Crippen LogP contribution in [-0.4, -0.2) is 47.5 Å². The highest BCUT2D eigenvalue weighted by Gasteiger charge is 2.45. The number of pyridine rings is 1. The van der Waals surface area contributed by atoms with Crippen LogP contribution >= 0.6 is 0 Å². The van der Waals surface area contributed by atoms with Crippen molar-refractivity contribution in [3.05, 3.63) is 66.0 Å². The number of nitrogens with zero attached hydrogens (tertiary/aromatic N) is 3. The topological polar surface area (TPSA) is 19.4 Å². The van der Waals surface area contributed by atoms with Crippen molar-refractivity contribution in [2.45, 2.75) is 24.8 Å². The van der Waals surface area contributed by atoms with Crippen LogP contribution in [0.1, 0.15) is 24.0 Å². The fourth-order valence-electron chi connectivity index (χ4n) is 3.76. The molecule has 4 rings (SSSR count). The second-order valence-corrected chi connectivity index (χ2v) is 7.06. The van der Waals surface area contributed by atoms with Crippen LogP contribution in [0.15, 0.2) is 54.9 Å². The minimum absolute atomic E-state index is 0.451. The van der Waals surface area contributed by atoms with E-state index in [1.54, 1.807) is 0 Å². The first kappa shape index (κ1) is 14.9. The molecule has 3 nitrogen and oxygen atoms in total. The summed E-state index contributed by atoms with van der Waals surface area (Å²) >= 11 is 0. The zero-order valence-corrected chi connectivity index (χ0v) is 13.7. The summed E-state index contributed by atoms with van der Waals surface area (Å²) in [7, 11) is 0. The molecule has 1 saturated heterocycles. The lowest BCUT2D eigenvalue weighted by atomic mass is 9.95. The molecule has 0 spiro atoms. The predicted molar refractivity (Wildman–Crippen MR) is 93.3 cm³/mol. The molecule has 23 heavy (non-hydrogen) atoms. The van der Waals surface area contributed by atoms with Crippen molar-refractivity contribution in [2.75, 3.05) is 32.7 Å². The van der Waals surface area contributed by atoms with Gasteiger partial charge in [0, 0.05) is 57.1 Å². The summed E-state index contributed by atoms with van der Waals surface area (Å²) in [4.78, 5) is 9.44. The van der Waals surface area contributed by atoms with E-state index in [4.69, 9.17) is 0 Å². The zero-order chi connectivity index (χ0) is 15.5. The summed E-state index contributed by atoms with van der Waals surface area (Å²) < 4.78 is 0. The van der Waals surface area contributed by atoms with Crippen molar-refractivity contribution in [1.82, 2.24) is 14.8 Å². The van der Waals surface area contributed by atoms with Gasteiger partial charge in [-0.25, -0.2) is 0 Å². The highest BCUT2D eigenvalue weighted by atomic mass is 15.3. The van der Waals surface area contributed by atoms with Gasteiger partial charge in [-0.15, -0.1) is 0 Å². The molecule has 0 atom stereocenters. The van der Waals surface area contributed by atoms with E-state index in [1.807, 2.05) is 18.5 Å². The summed E-state index contributed by atoms with van der Waals surface area (Å²) in [5.74, 6) is 0. The Kier molecular flexibility index (Phi) is 4.15. The Hall–Kier alpha value is -1.71. The number of rotatable bonds is 5. The molecule has 1 aromatic heterocycles. The highest BCUT2D eigenvalue weighted by molar-refractivity contribution is 5.31. The number of hydrogen-bond donors (Lipinski definition) is 0. The lowest BCUT2D eigenvalue weighted by molar-refractivity contribution is 0.119. The van der Waals surface area contributed by atoms with E-state index in [0.717, 1.165) is 6.54 Å². The minimum atomic E-state index is 0.451. The molecule has 0 unspecified atom stereocenters. The molecule has 0 N–H and O–H groups in total. The first-order valence-electron chi connectivity index (χ1n) is 8.73. The Morgan fingerprint density at radius 2 is 1.61 bits per heavy atom. The Morgan fingerprint density at radius 1 is 0.870 bits per heavy atom. The van der Waals surface area contributed by atoms with Gasteiger partial charge in [-0.05, 0) is 30.0 Å². The largest absolute Gasteiger partial charge is 0.300 e. The van der Waals surface area contributed by atoms with Gasteiger partial charge in [-0.2, -0.15) is 0 Å². The van der Waals surface area contributed by atoms with E-state index in [-0.39, 0.29) is 0 Å².